The molecule has 0 aliphatic heterocycles. The minimum absolute atomic E-state index is 0.0205. The van der Waals surface area contributed by atoms with E-state index >= 15 is 0 Å². The number of aromatic nitrogens is 2. The maximum absolute atomic E-state index is 11.8. The van der Waals surface area contributed by atoms with Crippen LogP contribution in [0, 0.1) is 0 Å². The molecular weight excluding hydrogens is 322 g/mol. The third-order valence-electron chi connectivity index (χ3n) is 3.42. The van der Waals surface area contributed by atoms with Crippen LogP contribution in [-0.4, -0.2) is 35.8 Å². The van der Waals surface area contributed by atoms with Crippen molar-refractivity contribution in [1.82, 2.24) is 15.5 Å². The van der Waals surface area contributed by atoms with Gasteiger partial charge in [0, 0.05) is 23.9 Å². The van der Waals surface area contributed by atoms with Crippen LogP contribution in [0.2, 0.25) is 0 Å². The van der Waals surface area contributed by atoms with Crippen molar-refractivity contribution in [3.05, 3.63) is 24.1 Å². The summed E-state index contributed by atoms with van der Waals surface area (Å²) in [5, 5.41) is 6.92. The van der Waals surface area contributed by atoms with Crippen LogP contribution >= 0.6 is 0 Å². The summed E-state index contributed by atoms with van der Waals surface area (Å²) >= 11 is 0. The van der Waals surface area contributed by atoms with Gasteiger partial charge in [-0.05, 0) is 45.4 Å². The smallest absolute Gasteiger partial charge is 0.226 e. The summed E-state index contributed by atoms with van der Waals surface area (Å²) in [6.07, 6.45) is 1.62. The van der Waals surface area contributed by atoms with Crippen LogP contribution in [-0.2, 0) is 11.2 Å². The molecule has 1 heterocycles. The van der Waals surface area contributed by atoms with Gasteiger partial charge in [-0.2, -0.15) is 4.98 Å². The van der Waals surface area contributed by atoms with Gasteiger partial charge in [0.05, 0.1) is 14.2 Å². The average molecular weight is 347 g/mol. The lowest BCUT2D eigenvalue weighted by molar-refractivity contribution is -0.122. The van der Waals surface area contributed by atoms with Crippen LogP contribution < -0.4 is 14.8 Å². The first-order valence-corrected chi connectivity index (χ1v) is 8.18. The number of methoxy groups -OCH3 is 2. The van der Waals surface area contributed by atoms with Crippen LogP contribution in [0.3, 0.4) is 0 Å². The molecule has 7 heteroatoms. The molecule has 0 unspecified atom stereocenters. The molecular formula is C18H25N3O4. The maximum atomic E-state index is 11.8. The highest BCUT2D eigenvalue weighted by Gasteiger charge is 2.15. The molecule has 0 radical (unpaired) electrons. The van der Waals surface area contributed by atoms with Gasteiger partial charge in [0.1, 0.15) is 0 Å². The number of nitrogens with zero attached hydrogens (tertiary/aromatic N) is 2. The van der Waals surface area contributed by atoms with Crippen molar-refractivity contribution in [3.63, 3.8) is 0 Å². The fourth-order valence-corrected chi connectivity index (χ4v) is 2.33. The first-order chi connectivity index (χ1) is 11.8. The SMILES string of the molecule is COc1ccc(-c2noc(CCCC(=O)NC(C)(C)C)n2)cc1OC. The number of carbonyl (C=O) groups excluding carboxylic acids is 1. The molecule has 1 aromatic carbocycles. The van der Waals surface area contributed by atoms with E-state index in [0.717, 1.165) is 5.56 Å². The van der Waals surface area contributed by atoms with Gasteiger partial charge in [-0.3, -0.25) is 4.79 Å². The number of hydrogen-bond donors (Lipinski definition) is 1. The van der Waals surface area contributed by atoms with E-state index < -0.39 is 0 Å². The van der Waals surface area contributed by atoms with Gasteiger partial charge in [0.2, 0.25) is 17.6 Å². The topological polar surface area (TPSA) is 86.5 Å². The second-order valence-corrected chi connectivity index (χ2v) is 6.73. The first kappa shape index (κ1) is 18.8. The minimum Gasteiger partial charge on any atom is -0.493 e. The quantitative estimate of drug-likeness (QED) is 0.828. The van der Waals surface area contributed by atoms with Crippen molar-refractivity contribution in [1.29, 1.82) is 0 Å². The Kier molecular flexibility index (Phi) is 6.01. The Morgan fingerprint density at radius 3 is 2.56 bits per heavy atom. The van der Waals surface area contributed by atoms with Crippen molar-refractivity contribution in [2.45, 2.75) is 45.6 Å². The maximum Gasteiger partial charge on any atom is 0.226 e. The largest absolute Gasteiger partial charge is 0.493 e. The van der Waals surface area contributed by atoms with Gasteiger partial charge in [0.25, 0.3) is 0 Å². The molecule has 1 aromatic heterocycles. The van der Waals surface area contributed by atoms with Crippen LogP contribution in [0.15, 0.2) is 22.7 Å². The molecule has 0 fully saturated rings. The summed E-state index contributed by atoms with van der Waals surface area (Å²) in [4.78, 5) is 16.2. The van der Waals surface area contributed by atoms with Gasteiger partial charge in [-0.1, -0.05) is 5.16 Å². The number of aryl methyl sites for hydroxylation is 1. The van der Waals surface area contributed by atoms with Crippen molar-refractivity contribution >= 4 is 5.91 Å². The summed E-state index contributed by atoms with van der Waals surface area (Å²) in [6, 6.07) is 5.43. The van der Waals surface area contributed by atoms with Crippen molar-refractivity contribution in [2.24, 2.45) is 0 Å². The molecule has 0 bridgehead atoms. The fourth-order valence-electron chi connectivity index (χ4n) is 2.33. The number of ether oxygens (including phenoxy) is 2. The van der Waals surface area contributed by atoms with Crippen molar-refractivity contribution in [3.8, 4) is 22.9 Å². The van der Waals surface area contributed by atoms with Crippen LogP contribution in [0.25, 0.3) is 11.4 Å². The molecule has 7 nitrogen and oxygen atoms in total. The molecule has 2 aromatic rings. The monoisotopic (exact) mass is 347 g/mol. The number of benzene rings is 1. The van der Waals surface area contributed by atoms with E-state index in [2.05, 4.69) is 15.5 Å². The van der Waals surface area contributed by atoms with Gasteiger partial charge in [-0.15, -0.1) is 0 Å². The van der Waals surface area contributed by atoms with Gasteiger partial charge in [-0.25, -0.2) is 0 Å². The van der Waals surface area contributed by atoms with Crippen molar-refractivity contribution < 1.29 is 18.8 Å². The van der Waals surface area contributed by atoms with Gasteiger partial charge >= 0.3 is 0 Å². The Hall–Kier alpha value is -2.57. The van der Waals surface area contributed by atoms with Gasteiger partial charge in [0.15, 0.2) is 11.5 Å². The molecule has 0 aliphatic rings. The molecule has 2 rings (SSSR count). The zero-order valence-corrected chi connectivity index (χ0v) is 15.4. The fraction of sp³-hybridized carbons (Fsp3) is 0.500. The summed E-state index contributed by atoms with van der Waals surface area (Å²) < 4.78 is 15.8. The Morgan fingerprint density at radius 2 is 1.92 bits per heavy atom. The zero-order valence-electron chi connectivity index (χ0n) is 15.4. The van der Waals surface area contributed by atoms with E-state index in [9.17, 15) is 4.79 Å². The molecule has 0 saturated carbocycles. The van der Waals surface area contributed by atoms with E-state index in [0.29, 0.717) is 42.5 Å². The number of rotatable bonds is 7. The number of amides is 1. The molecule has 25 heavy (non-hydrogen) atoms. The predicted octanol–water partition coefficient (Wildman–Crippen LogP) is 2.99. The molecule has 0 spiro atoms. The standard InChI is InChI=1S/C18H25N3O4/c1-18(2,3)20-15(22)7-6-8-16-19-17(21-25-16)12-9-10-13(23-4)14(11-12)24-5/h9-11H,6-8H2,1-5H3,(H,20,22). The molecule has 0 aliphatic carbocycles. The highest BCUT2D eigenvalue weighted by Crippen LogP contribution is 2.31. The Morgan fingerprint density at radius 1 is 1.20 bits per heavy atom. The lowest BCUT2D eigenvalue weighted by Crippen LogP contribution is -2.40. The third kappa shape index (κ3) is 5.48. The lowest BCUT2D eigenvalue weighted by Gasteiger charge is -2.20. The van der Waals surface area contributed by atoms with Crippen LogP contribution in [0.1, 0.15) is 39.5 Å². The van der Waals surface area contributed by atoms with Crippen LogP contribution in [0.4, 0.5) is 0 Å². The van der Waals surface area contributed by atoms with E-state index in [1.807, 2.05) is 26.8 Å². The molecule has 1 amide bonds. The normalized spacial score (nSPS) is 11.2. The van der Waals surface area contributed by atoms with E-state index in [1.165, 1.54) is 0 Å². The third-order valence-corrected chi connectivity index (χ3v) is 3.42. The number of nitrogens with one attached hydrogen (secondary N) is 1. The summed E-state index contributed by atoms with van der Waals surface area (Å²) in [6.45, 7) is 5.87. The minimum atomic E-state index is -0.220. The summed E-state index contributed by atoms with van der Waals surface area (Å²) in [7, 11) is 3.16. The second kappa shape index (κ2) is 8.00. The Labute approximate surface area is 147 Å². The van der Waals surface area contributed by atoms with E-state index in [4.69, 9.17) is 14.0 Å². The molecule has 0 atom stereocenters. The predicted molar refractivity (Wildman–Crippen MR) is 93.7 cm³/mol. The highest BCUT2D eigenvalue weighted by molar-refractivity contribution is 5.76. The molecule has 1 N–H and O–H groups in total. The van der Waals surface area contributed by atoms with Crippen LogP contribution in [0.5, 0.6) is 11.5 Å². The first-order valence-electron chi connectivity index (χ1n) is 8.18. The molecule has 136 valence electrons. The lowest BCUT2D eigenvalue weighted by atomic mass is 10.1. The van der Waals surface area contributed by atoms with E-state index in [-0.39, 0.29) is 11.4 Å². The second-order valence-electron chi connectivity index (χ2n) is 6.73. The van der Waals surface area contributed by atoms with Gasteiger partial charge < -0.3 is 19.3 Å². The van der Waals surface area contributed by atoms with Crippen molar-refractivity contribution in [2.75, 3.05) is 14.2 Å². The highest BCUT2D eigenvalue weighted by atomic mass is 16.5. The van der Waals surface area contributed by atoms with E-state index in [1.54, 1.807) is 26.4 Å². The number of carbonyl (C=O) groups is 1. The number of hydrogen-bond acceptors (Lipinski definition) is 6. The Balaban J connectivity index is 1.95. The zero-order chi connectivity index (χ0) is 18.4. The molecule has 0 saturated heterocycles. The summed E-state index contributed by atoms with van der Waals surface area (Å²) in [5.74, 6) is 2.25. The average Bonchev–Trinajstić information content (AvgIpc) is 3.01. The summed E-state index contributed by atoms with van der Waals surface area (Å²) in [5.41, 5.74) is 0.556. The Bertz CT molecular complexity index is 719.